The fourth-order valence-electron chi connectivity index (χ4n) is 1.96. The smallest absolute Gasteiger partial charge is 0.295 e. The summed E-state index contributed by atoms with van der Waals surface area (Å²) >= 11 is 5.76. The third kappa shape index (κ3) is 1.52. The molecule has 5 nitrogen and oxygen atoms in total. The number of nitrogens with zero attached hydrogens (tertiary/aromatic N) is 4. The van der Waals surface area contributed by atoms with Gasteiger partial charge >= 0.3 is 5.69 Å². The van der Waals surface area contributed by atoms with Crippen LogP contribution in [-0.2, 0) is 7.05 Å². The maximum absolute atomic E-state index is 12.2. The molecular formula is C12H9ClN4O. The number of fused-ring (bicyclic) bond motifs is 1. The van der Waals surface area contributed by atoms with Gasteiger partial charge in [-0.25, -0.2) is 14.3 Å². The summed E-state index contributed by atoms with van der Waals surface area (Å²) in [6.07, 6.45) is 1.53. The van der Waals surface area contributed by atoms with Gasteiger partial charge < -0.3 is 0 Å². The number of hydrogen-bond donors (Lipinski definition) is 0. The molecular weight excluding hydrogens is 252 g/mol. The summed E-state index contributed by atoms with van der Waals surface area (Å²) in [5, 5.41) is 0.118. The maximum atomic E-state index is 12.2. The zero-order valence-electron chi connectivity index (χ0n) is 9.54. The van der Waals surface area contributed by atoms with Crippen molar-refractivity contribution in [2.24, 2.45) is 7.05 Å². The van der Waals surface area contributed by atoms with Crippen LogP contribution in [0.15, 0.2) is 41.3 Å². The molecule has 0 unspecified atom stereocenters. The van der Waals surface area contributed by atoms with Gasteiger partial charge in [-0.1, -0.05) is 12.1 Å². The number of para-hydroxylation sites is 2. The first-order valence-electron chi connectivity index (χ1n) is 5.34. The highest BCUT2D eigenvalue weighted by molar-refractivity contribution is 6.28. The van der Waals surface area contributed by atoms with Gasteiger partial charge in [-0.2, -0.15) is 4.98 Å². The Kier molecular flexibility index (Phi) is 2.41. The van der Waals surface area contributed by atoms with Gasteiger partial charge in [0, 0.05) is 19.3 Å². The van der Waals surface area contributed by atoms with Crippen molar-refractivity contribution in [3.8, 4) is 5.82 Å². The zero-order chi connectivity index (χ0) is 12.7. The second-order valence-electron chi connectivity index (χ2n) is 3.85. The molecule has 0 amide bonds. The minimum absolute atomic E-state index is 0.118. The van der Waals surface area contributed by atoms with E-state index in [1.165, 1.54) is 10.8 Å². The molecule has 3 aromatic rings. The Morgan fingerprint density at radius 1 is 1.17 bits per heavy atom. The standard InChI is InChI=1S/C12H9ClN4O/c1-16-8-4-2-3-5-9(8)17(12(16)18)10-6-7-14-11(13)15-10/h2-7H,1H3. The highest BCUT2D eigenvalue weighted by atomic mass is 35.5. The van der Waals surface area contributed by atoms with Crippen LogP contribution >= 0.6 is 11.6 Å². The number of halogens is 1. The van der Waals surface area contributed by atoms with Crippen molar-refractivity contribution in [1.29, 1.82) is 0 Å². The van der Waals surface area contributed by atoms with Crippen molar-refractivity contribution < 1.29 is 0 Å². The molecule has 3 rings (SSSR count). The number of benzene rings is 1. The molecule has 0 aliphatic carbocycles. The first-order chi connectivity index (χ1) is 8.68. The van der Waals surface area contributed by atoms with E-state index in [1.54, 1.807) is 17.7 Å². The lowest BCUT2D eigenvalue weighted by Gasteiger charge is -2.01. The molecule has 0 saturated heterocycles. The molecule has 2 heterocycles. The zero-order valence-corrected chi connectivity index (χ0v) is 10.3. The molecule has 0 aliphatic heterocycles. The molecule has 0 saturated carbocycles. The summed E-state index contributed by atoms with van der Waals surface area (Å²) in [5.74, 6) is 0.469. The van der Waals surface area contributed by atoms with E-state index in [1.807, 2.05) is 24.3 Å². The molecule has 0 atom stereocenters. The van der Waals surface area contributed by atoms with Crippen molar-refractivity contribution in [3.05, 3.63) is 52.3 Å². The number of imidazole rings is 1. The molecule has 2 aromatic heterocycles. The molecule has 0 bridgehead atoms. The van der Waals surface area contributed by atoms with E-state index in [-0.39, 0.29) is 11.0 Å². The van der Waals surface area contributed by atoms with E-state index < -0.39 is 0 Å². The van der Waals surface area contributed by atoms with E-state index in [9.17, 15) is 4.79 Å². The Hall–Kier alpha value is -2.14. The topological polar surface area (TPSA) is 52.7 Å². The maximum Gasteiger partial charge on any atom is 0.334 e. The molecule has 90 valence electrons. The van der Waals surface area contributed by atoms with E-state index in [2.05, 4.69) is 9.97 Å². The van der Waals surface area contributed by atoms with Crippen molar-refractivity contribution in [2.75, 3.05) is 0 Å². The van der Waals surface area contributed by atoms with Crippen LogP contribution in [0.4, 0.5) is 0 Å². The Labute approximate surface area is 107 Å². The Bertz CT molecular complexity index is 790. The van der Waals surface area contributed by atoms with Gasteiger partial charge in [-0.05, 0) is 23.7 Å². The van der Waals surface area contributed by atoms with Gasteiger partial charge in [0.2, 0.25) is 5.28 Å². The van der Waals surface area contributed by atoms with Crippen LogP contribution in [0.1, 0.15) is 0 Å². The van der Waals surface area contributed by atoms with E-state index in [0.717, 1.165) is 11.0 Å². The minimum atomic E-state index is -0.161. The quantitative estimate of drug-likeness (QED) is 0.627. The van der Waals surface area contributed by atoms with Gasteiger partial charge in [0.25, 0.3) is 0 Å². The molecule has 0 spiro atoms. The van der Waals surface area contributed by atoms with Crippen molar-refractivity contribution in [2.45, 2.75) is 0 Å². The Balaban J connectivity index is 2.43. The lowest BCUT2D eigenvalue weighted by atomic mass is 10.3. The molecule has 0 fully saturated rings. The number of aromatic nitrogens is 4. The third-order valence-corrected chi connectivity index (χ3v) is 2.98. The van der Waals surface area contributed by atoms with Crippen molar-refractivity contribution >= 4 is 22.6 Å². The van der Waals surface area contributed by atoms with Gasteiger partial charge in [-0.15, -0.1) is 0 Å². The number of aryl methyl sites for hydroxylation is 1. The van der Waals surface area contributed by atoms with E-state index >= 15 is 0 Å². The number of hydrogen-bond acceptors (Lipinski definition) is 3. The molecule has 18 heavy (non-hydrogen) atoms. The molecule has 0 radical (unpaired) electrons. The molecule has 0 N–H and O–H groups in total. The average Bonchev–Trinajstić information content (AvgIpc) is 2.63. The fourth-order valence-corrected chi connectivity index (χ4v) is 2.11. The monoisotopic (exact) mass is 260 g/mol. The molecule has 0 aliphatic rings. The van der Waals surface area contributed by atoms with Gasteiger partial charge in [-0.3, -0.25) is 4.57 Å². The first-order valence-corrected chi connectivity index (χ1v) is 5.71. The van der Waals surface area contributed by atoms with E-state index in [4.69, 9.17) is 11.6 Å². The van der Waals surface area contributed by atoms with E-state index in [0.29, 0.717) is 5.82 Å². The lowest BCUT2D eigenvalue weighted by molar-refractivity contribution is 0.831. The number of rotatable bonds is 1. The summed E-state index contributed by atoms with van der Waals surface area (Å²) in [7, 11) is 1.73. The first kappa shape index (κ1) is 11.0. The lowest BCUT2D eigenvalue weighted by Crippen LogP contribution is -2.21. The van der Waals surface area contributed by atoms with Crippen LogP contribution in [0, 0.1) is 0 Å². The Morgan fingerprint density at radius 2 is 1.89 bits per heavy atom. The van der Waals surface area contributed by atoms with Gasteiger partial charge in [0.15, 0.2) is 0 Å². The van der Waals surface area contributed by atoms with Crippen LogP contribution in [-0.4, -0.2) is 19.1 Å². The Morgan fingerprint density at radius 3 is 2.61 bits per heavy atom. The summed E-state index contributed by atoms with van der Waals surface area (Å²) in [6.45, 7) is 0. The molecule has 6 heteroatoms. The van der Waals surface area contributed by atoms with Crippen molar-refractivity contribution in [1.82, 2.24) is 19.1 Å². The molecule has 1 aromatic carbocycles. The summed E-state index contributed by atoms with van der Waals surface area (Å²) < 4.78 is 3.09. The van der Waals surface area contributed by atoms with Crippen molar-refractivity contribution in [3.63, 3.8) is 0 Å². The van der Waals surface area contributed by atoms with Gasteiger partial charge in [0.05, 0.1) is 11.0 Å². The van der Waals surface area contributed by atoms with Crippen LogP contribution in [0.25, 0.3) is 16.9 Å². The SMILES string of the molecule is Cn1c(=O)n(-c2ccnc(Cl)n2)c2ccccc21. The predicted octanol–water partition coefficient (Wildman–Crippen LogP) is 1.77. The van der Waals surface area contributed by atoms with Crippen LogP contribution in [0.5, 0.6) is 0 Å². The second-order valence-corrected chi connectivity index (χ2v) is 4.19. The summed E-state index contributed by atoms with van der Waals surface area (Å²) in [6, 6.07) is 9.17. The highest BCUT2D eigenvalue weighted by Gasteiger charge is 2.12. The minimum Gasteiger partial charge on any atom is -0.295 e. The fraction of sp³-hybridized carbons (Fsp3) is 0.0833. The second kappa shape index (κ2) is 3.96. The summed E-state index contributed by atoms with van der Waals surface area (Å²) in [5.41, 5.74) is 1.47. The van der Waals surface area contributed by atoms with Crippen LogP contribution < -0.4 is 5.69 Å². The third-order valence-electron chi connectivity index (χ3n) is 2.80. The normalized spacial score (nSPS) is 11.0. The van der Waals surface area contributed by atoms with Gasteiger partial charge in [0.1, 0.15) is 5.82 Å². The van der Waals surface area contributed by atoms with Crippen LogP contribution in [0.3, 0.4) is 0 Å². The average molecular weight is 261 g/mol. The highest BCUT2D eigenvalue weighted by Crippen LogP contribution is 2.15. The summed E-state index contributed by atoms with van der Waals surface area (Å²) in [4.78, 5) is 20.1. The largest absolute Gasteiger partial charge is 0.334 e. The van der Waals surface area contributed by atoms with Crippen LogP contribution in [0.2, 0.25) is 5.28 Å². The predicted molar refractivity (Wildman–Crippen MR) is 69.1 cm³/mol.